The lowest BCUT2D eigenvalue weighted by atomic mass is 10.0. The lowest BCUT2D eigenvalue weighted by Gasteiger charge is -2.07. The number of amides is 1. The van der Waals surface area contributed by atoms with Crippen molar-refractivity contribution >= 4 is 22.5 Å². The summed E-state index contributed by atoms with van der Waals surface area (Å²) in [5.74, 6) is -0.0683. The van der Waals surface area contributed by atoms with Crippen molar-refractivity contribution in [2.45, 2.75) is 13.8 Å². The van der Waals surface area contributed by atoms with Gasteiger partial charge in [0.05, 0.1) is 5.39 Å². The van der Waals surface area contributed by atoms with Gasteiger partial charge in [0.25, 0.3) is 5.91 Å². The minimum absolute atomic E-state index is 0.323. The third kappa shape index (κ3) is 3.31. The van der Waals surface area contributed by atoms with Gasteiger partial charge in [-0.2, -0.15) is 0 Å². The Balaban J connectivity index is 1.68. The second-order valence-corrected chi connectivity index (χ2v) is 6.53. The molecule has 0 atom stereocenters. The van der Waals surface area contributed by atoms with Gasteiger partial charge in [0.2, 0.25) is 0 Å². The van der Waals surface area contributed by atoms with E-state index in [1.54, 1.807) is 37.3 Å². The summed E-state index contributed by atoms with van der Waals surface area (Å²) in [5.41, 5.74) is 4.09. The summed E-state index contributed by atoms with van der Waals surface area (Å²) in [6.45, 7) is 3.69. The molecular weight excluding hydrogens is 343 g/mol. The maximum absolute atomic E-state index is 13.7. The summed E-state index contributed by atoms with van der Waals surface area (Å²) in [5, 5.41) is 7.54. The van der Waals surface area contributed by atoms with Gasteiger partial charge in [0, 0.05) is 16.8 Å². The molecule has 1 N–H and O–H groups in total. The van der Waals surface area contributed by atoms with Crippen LogP contribution in [-0.4, -0.2) is 11.1 Å². The van der Waals surface area contributed by atoms with E-state index in [1.165, 1.54) is 6.07 Å². The highest BCUT2D eigenvalue weighted by Crippen LogP contribution is 2.29. The number of aryl methyl sites for hydroxylation is 2. The number of rotatable bonds is 3. The molecule has 27 heavy (non-hydrogen) atoms. The monoisotopic (exact) mass is 360 g/mol. The molecule has 0 aliphatic carbocycles. The second-order valence-electron chi connectivity index (χ2n) is 6.53. The van der Waals surface area contributed by atoms with Gasteiger partial charge in [0.1, 0.15) is 11.3 Å². The number of carbonyl (C=O) groups is 1. The zero-order valence-corrected chi connectivity index (χ0v) is 14.9. The Labute approximate surface area is 155 Å². The van der Waals surface area contributed by atoms with Crippen LogP contribution in [0.4, 0.5) is 10.1 Å². The molecule has 0 aliphatic heterocycles. The molecule has 0 aliphatic rings. The number of carbonyl (C=O) groups excluding carboxylic acids is 1. The minimum Gasteiger partial charge on any atom is -0.355 e. The molecule has 0 saturated heterocycles. The average molecular weight is 360 g/mol. The van der Waals surface area contributed by atoms with E-state index in [1.807, 2.05) is 31.2 Å². The molecule has 1 amide bonds. The quantitative estimate of drug-likeness (QED) is 0.525. The van der Waals surface area contributed by atoms with Gasteiger partial charge < -0.3 is 9.84 Å². The van der Waals surface area contributed by atoms with Crippen LogP contribution < -0.4 is 5.32 Å². The summed E-state index contributed by atoms with van der Waals surface area (Å²) >= 11 is 0. The molecule has 4 nitrogen and oxygen atoms in total. The molecule has 4 rings (SSSR count). The highest BCUT2D eigenvalue weighted by atomic mass is 19.1. The third-order valence-corrected chi connectivity index (χ3v) is 4.48. The molecule has 0 saturated carbocycles. The number of hydrogen-bond donors (Lipinski definition) is 1. The number of nitrogens with one attached hydrogen (secondary N) is 1. The van der Waals surface area contributed by atoms with Crippen molar-refractivity contribution in [2.24, 2.45) is 0 Å². The smallest absolute Gasteiger partial charge is 0.255 e. The molecule has 1 aromatic heterocycles. The third-order valence-electron chi connectivity index (χ3n) is 4.48. The van der Waals surface area contributed by atoms with Gasteiger partial charge in [-0.3, -0.25) is 4.79 Å². The lowest BCUT2D eigenvalue weighted by Crippen LogP contribution is -2.12. The van der Waals surface area contributed by atoms with Crippen LogP contribution in [0, 0.1) is 19.7 Å². The highest BCUT2D eigenvalue weighted by molar-refractivity contribution is 6.07. The van der Waals surface area contributed by atoms with Crippen molar-refractivity contribution in [1.29, 1.82) is 0 Å². The van der Waals surface area contributed by atoms with Crippen molar-refractivity contribution in [1.82, 2.24) is 5.16 Å². The van der Waals surface area contributed by atoms with Crippen LogP contribution in [0.2, 0.25) is 0 Å². The Morgan fingerprint density at radius 2 is 1.78 bits per heavy atom. The van der Waals surface area contributed by atoms with E-state index in [4.69, 9.17) is 4.52 Å². The van der Waals surface area contributed by atoms with Crippen LogP contribution in [0.25, 0.3) is 22.2 Å². The summed E-state index contributed by atoms with van der Waals surface area (Å²) < 4.78 is 19.2. The normalized spacial score (nSPS) is 10.9. The average Bonchev–Trinajstić information content (AvgIpc) is 3.08. The second kappa shape index (κ2) is 6.68. The van der Waals surface area contributed by atoms with Gasteiger partial charge in [-0.05, 0) is 49.7 Å². The molecule has 0 fully saturated rings. The molecule has 1 heterocycles. The van der Waals surface area contributed by atoms with E-state index in [0.29, 0.717) is 28.1 Å². The Morgan fingerprint density at radius 3 is 2.52 bits per heavy atom. The zero-order chi connectivity index (χ0) is 19.0. The Kier molecular flexibility index (Phi) is 4.20. The Bertz CT molecular complexity index is 1150. The molecule has 0 spiro atoms. The largest absolute Gasteiger partial charge is 0.355 e. The van der Waals surface area contributed by atoms with Crippen LogP contribution in [0.1, 0.15) is 21.5 Å². The van der Waals surface area contributed by atoms with E-state index in [9.17, 15) is 9.18 Å². The molecule has 5 heteroatoms. The number of fused-ring (bicyclic) bond motifs is 1. The molecule has 134 valence electrons. The van der Waals surface area contributed by atoms with E-state index >= 15 is 0 Å². The first-order chi connectivity index (χ1) is 13.0. The van der Waals surface area contributed by atoms with Gasteiger partial charge in [-0.1, -0.05) is 41.1 Å². The molecule has 3 aromatic carbocycles. The fourth-order valence-electron chi connectivity index (χ4n) is 2.87. The van der Waals surface area contributed by atoms with E-state index in [0.717, 1.165) is 16.5 Å². The topological polar surface area (TPSA) is 55.1 Å². The predicted octanol–water partition coefficient (Wildman–Crippen LogP) is 5.50. The van der Waals surface area contributed by atoms with Crippen molar-refractivity contribution in [3.8, 4) is 11.3 Å². The van der Waals surface area contributed by atoms with E-state index < -0.39 is 0 Å². The number of halogens is 1. The molecule has 0 unspecified atom stereocenters. The summed E-state index contributed by atoms with van der Waals surface area (Å²) in [6, 6.07) is 17.6. The fraction of sp³-hybridized carbons (Fsp3) is 0.0909. The van der Waals surface area contributed by atoms with Crippen LogP contribution in [0.5, 0.6) is 0 Å². The van der Waals surface area contributed by atoms with Crippen LogP contribution in [-0.2, 0) is 0 Å². The Morgan fingerprint density at radius 1 is 1.00 bits per heavy atom. The van der Waals surface area contributed by atoms with Gasteiger partial charge >= 0.3 is 0 Å². The molecular formula is C22H17FN2O2. The standard InChI is InChI=1S/C22H17FN2O2/c1-13-3-6-15(7-4-13)21-18-11-16(8-10-20(18)25-27-21)22(26)24-17-9-5-14(2)19(23)12-17/h3-12H,1-2H3,(H,24,26). The van der Waals surface area contributed by atoms with E-state index in [2.05, 4.69) is 10.5 Å². The minimum atomic E-state index is -0.357. The fourth-order valence-corrected chi connectivity index (χ4v) is 2.87. The maximum Gasteiger partial charge on any atom is 0.255 e. The first kappa shape index (κ1) is 17.0. The van der Waals surface area contributed by atoms with Crippen molar-refractivity contribution < 1.29 is 13.7 Å². The van der Waals surface area contributed by atoms with E-state index in [-0.39, 0.29) is 11.7 Å². The molecule has 0 bridgehead atoms. The van der Waals surface area contributed by atoms with Crippen molar-refractivity contribution in [2.75, 3.05) is 5.32 Å². The first-order valence-corrected chi connectivity index (χ1v) is 8.55. The summed E-state index contributed by atoms with van der Waals surface area (Å²) in [7, 11) is 0. The van der Waals surface area contributed by atoms with Crippen LogP contribution in [0.15, 0.2) is 65.2 Å². The van der Waals surface area contributed by atoms with Crippen LogP contribution in [0.3, 0.4) is 0 Å². The highest BCUT2D eigenvalue weighted by Gasteiger charge is 2.14. The number of anilines is 1. The zero-order valence-electron chi connectivity index (χ0n) is 14.9. The first-order valence-electron chi connectivity index (χ1n) is 8.55. The van der Waals surface area contributed by atoms with Gasteiger partial charge in [-0.25, -0.2) is 4.39 Å². The van der Waals surface area contributed by atoms with Crippen molar-refractivity contribution in [3.63, 3.8) is 0 Å². The lowest BCUT2D eigenvalue weighted by molar-refractivity contribution is 0.102. The number of aromatic nitrogens is 1. The SMILES string of the molecule is Cc1ccc(-c2onc3ccc(C(=O)Nc4ccc(C)c(F)c4)cc23)cc1. The summed E-state index contributed by atoms with van der Waals surface area (Å²) in [6.07, 6.45) is 0. The molecule has 0 radical (unpaired) electrons. The van der Waals surface area contributed by atoms with Gasteiger partial charge in [0.15, 0.2) is 5.76 Å². The van der Waals surface area contributed by atoms with Gasteiger partial charge in [-0.15, -0.1) is 0 Å². The molecule has 4 aromatic rings. The predicted molar refractivity (Wildman–Crippen MR) is 103 cm³/mol. The number of nitrogens with zero attached hydrogens (tertiary/aromatic N) is 1. The summed E-state index contributed by atoms with van der Waals surface area (Å²) in [4.78, 5) is 12.6. The number of hydrogen-bond acceptors (Lipinski definition) is 3. The Hall–Kier alpha value is -3.47. The number of benzene rings is 3. The van der Waals surface area contributed by atoms with Crippen molar-refractivity contribution in [3.05, 3.63) is 83.2 Å². The van der Waals surface area contributed by atoms with Crippen LogP contribution >= 0.6 is 0 Å². The maximum atomic E-state index is 13.7.